The predicted octanol–water partition coefficient (Wildman–Crippen LogP) is 5.20. The van der Waals surface area contributed by atoms with Gasteiger partial charge in [-0.2, -0.15) is 0 Å². The maximum absolute atomic E-state index is 12.8. The topological polar surface area (TPSA) is 86.7 Å². The van der Waals surface area contributed by atoms with Crippen molar-refractivity contribution < 1.29 is 19.5 Å². The summed E-state index contributed by atoms with van der Waals surface area (Å²) in [5.74, 6) is -1.76. The van der Waals surface area contributed by atoms with E-state index in [1.165, 1.54) is 11.3 Å². The van der Waals surface area contributed by atoms with Crippen LogP contribution in [0.2, 0.25) is 10.0 Å². The summed E-state index contributed by atoms with van der Waals surface area (Å²) in [6, 6.07) is 13.2. The number of halogens is 2. The largest absolute Gasteiger partial charge is 0.478 e. The number of benzene rings is 2. The molecule has 0 saturated heterocycles. The Morgan fingerprint density at radius 3 is 2.42 bits per heavy atom. The molecule has 2 N–H and O–H groups in total. The summed E-state index contributed by atoms with van der Waals surface area (Å²) in [7, 11) is 0. The number of amides is 2. The van der Waals surface area contributed by atoms with Gasteiger partial charge in [-0.05, 0) is 48.4 Å². The minimum absolute atomic E-state index is 0.0685. The first-order chi connectivity index (χ1) is 14.8. The Balaban J connectivity index is 1.60. The van der Waals surface area contributed by atoms with Crippen LogP contribution in [0.25, 0.3) is 0 Å². The molecule has 0 bridgehead atoms. The molecule has 2 aromatic carbocycles. The molecule has 0 aliphatic carbocycles. The lowest BCUT2D eigenvalue weighted by atomic mass is 10.0. The number of carboxylic acids is 1. The van der Waals surface area contributed by atoms with E-state index >= 15 is 0 Å². The minimum Gasteiger partial charge on any atom is -0.478 e. The molecule has 0 spiro atoms. The van der Waals surface area contributed by atoms with Gasteiger partial charge in [0, 0.05) is 22.0 Å². The molecular weight excluding hydrogens is 459 g/mol. The van der Waals surface area contributed by atoms with Gasteiger partial charge in [0.25, 0.3) is 11.8 Å². The van der Waals surface area contributed by atoms with Crippen molar-refractivity contribution in [1.29, 1.82) is 0 Å². The van der Waals surface area contributed by atoms with Gasteiger partial charge in [0.05, 0.1) is 22.7 Å². The van der Waals surface area contributed by atoms with Crippen LogP contribution < -0.4 is 5.32 Å². The number of carboxylic acid groups (broad SMARTS) is 1. The van der Waals surface area contributed by atoms with Crippen LogP contribution in [-0.2, 0) is 13.0 Å². The van der Waals surface area contributed by atoms with Crippen molar-refractivity contribution in [2.75, 3.05) is 11.9 Å². The average molecular weight is 475 g/mol. The summed E-state index contributed by atoms with van der Waals surface area (Å²) in [5.41, 5.74) is 1.48. The molecule has 0 unspecified atom stereocenters. The zero-order valence-corrected chi connectivity index (χ0v) is 18.4. The number of thiophene rings is 1. The lowest BCUT2D eigenvalue weighted by Gasteiger charge is -2.27. The summed E-state index contributed by atoms with van der Waals surface area (Å²) in [5, 5.41) is 13.5. The second-order valence-corrected chi connectivity index (χ2v) is 8.88. The van der Waals surface area contributed by atoms with Crippen molar-refractivity contribution in [3.8, 4) is 0 Å². The maximum Gasteiger partial charge on any atom is 0.339 e. The van der Waals surface area contributed by atoms with Gasteiger partial charge in [0.1, 0.15) is 5.00 Å². The molecule has 0 radical (unpaired) electrons. The van der Waals surface area contributed by atoms with E-state index in [0.29, 0.717) is 29.1 Å². The Bertz CT molecular complexity index is 1190. The molecule has 1 aromatic heterocycles. The smallest absolute Gasteiger partial charge is 0.339 e. The number of rotatable bonds is 4. The summed E-state index contributed by atoms with van der Waals surface area (Å²) < 4.78 is 0. The fraction of sp³-hybridized carbons (Fsp3) is 0.136. The van der Waals surface area contributed by atoms with E-state index < -0.39 is 11.9 Å². The summed E-state index contributed by atoms with van der Waals surface area (Å²) in [6.45, 7) is 0.646. The van der Waals surface area contributed by atoms with Crippen LogP contribution >= 0.6 is 34.5 Å². The Morgan fingerprint density at radius 1 is 1.03 bits per heavy atom. The number of hydrogen-bond donors (Lipinski definition) is 2. The summed E-state index contributed by atoms with van der Waals surface area (Å²) in [4.78, 5) is 39.8. The lowest BCUT2D eigenvalue weighted by Crippen LogP contribution is -2.35. The van der Waals surface area contributed by atoms with Gasteiger partial charge < -0.3 is 15.3 Å². The Hall–Kier alpha value is -2.87. The van der Waals surface area contributed by atoms with Crippen LogP contribution in [-0.4, -0.2) is 34.3 Å². The Morgan fingerprint density at radius 2 is 1.74 bits per heavy atom. The van der Waals surface area contributed by atoms with Gasteiger partial charge >= 0.3 is 5.97 Å². The lowest BCUT2D eigenvalue weighted by molar-refractivity contribution is 0.0696. The second-order valence-electron chi connectivity index (χ2n) is 6.93. The van der Waals surface area contributed by atoms with Gasteiger partial charge in [-0.3, -0.25) is 9.59 Å². The van der Waals surface area contributed by atoms with E-state index in [1.807, 2.05) is 0 Å². The minimum atomic E-state index is -1.12. The maximum atomic E-state index is 12.8. The summed E-state index contributed by atoms with van der Waals surface area (Å²) in [6.07, 6.45) is 0.384. The number of carbonyl (C=O) groups excluding carboxylic acids is 2. The van der Waals surface area contributed by atoms with E-state index in [0.717, 1.165) is 4.88 Å². The average Bonchev–Trinajstić information content (AvgIpc) is 3.11. The molecule has 9 heteroatoms. The van der Waals surface area contributed by atoms with Crippen molar-refractivity contribution in [2.45, 2.75) is 13.0 Å². The van der Waals surface area contributed by atoms with Gasteiger partial charge in [-0.25, -0.2) is 4.79 Å². The fourth-order valence-electron chi connectivity index (χ4n) is 3.48. The van der Waals surface area contributed by atoms with Gasteiger partial charge in [-0.15, -0.1) is 11.3 Å². The molecule has 1 aliphatic heterocycles. The third kappa shape index (κ3) is 4.30. The molecule has 4 rings (SSSR count). The monoisotopic (exact) mass is 474 g/mol. The molecule has 1 aliphatic rings. The molecular formula is C22H16Cl2N2O4S. The second kappa shape index (κ2) is 8.70. The molecule has 31 heavy (non-hydrogen) atoms. The zero-order chi connectivity index (χ0) is 22.1. The van der Waals surface area contributed by atoms with E-state index in [4.69, 9.17) is 23.2 Å². The van der Waals surface area contributed by atoms with Crippen molar-refractivity contribution in [3.63, 3.8) is 0 Å². The fourth-order valence-corrected chi connectivity index (χ4v) is 5.08. The van der Waals surface area contributed by atoms with Crippen molar-refractivity contribution in [1.82, 2.24) is 4.90 Å². The van der Waals surface area contributed by atoms with E-state index in [-0.39, 0.29) is 33.6 Å². The molecule has 158 valence electrons. The first-order valence-electron chi connectivity index (χ1n) is 9.33. The molecule has 2 amide bonds. The third-order valence-corrected chi connectivity index (χ3v) is 6.71. The Labute approximate surface area is 192 Å². The highest BCUT2D eigenvalue weighted by molar-refractivity contribution is 7.17. The van der Waals surface area contributed by atoms with Crippen molar-refractivity contribution in [3.05, 3.63) is 85.7 Å². The van der Waals surface area contributed by atoms with E-state index in [2.05, 4.69) is 5.32 Å². The van der Waals surface area contributed by atoms with Crippen LogP contribution in [0.5, 0.6) is 0 Å². The van der Waals surface area contributed by atoms with Crippen LogP contribution in [0, 0.1) is 0 Å². The van der Waals surface area contributed by atoms with Crippen LogP contribution in [0.3, 0.4) is 0 Å². The number of fused-ring (bicyclic) bond motifs is 1. The van der Waals surface area contributed by atoms with Crippen molar-refractivity contribution >= 4 is 57.3 Å². The molecule has 0 saturated carbocycles. The van der Waals surface area contributed by atoms with Crippen LogP contribution in [0.4, 0.5) is 5.00 Å². The van der Waals surface area contributed by atoms with Crippen LogP contribution in [0.1, 0.15) is 41.5 Å². The highest BCUT2D eigenvalue weighted by atomic mass is 35.5. The molecule has 3 aromatic rings. The Kier molecular flexibility index (Phi) is 6.00. The van der Waals surface area contributed by atoms with Gasteiger partial charge in [0.2, 0.25) is 0 Å². The third-order valence-electron chi connectivity index (χ3n) is 4.99. The molecule has 6 nitrogen and oxygen atoms in total. The number of carbonyl (C=O) groups is 3. The predicted molar refractivity (Wildman–Crippen MR) is 121 cm³/mol. The highest BCUT2D eigenvalue weighted by Crippen LogP contribution is 2.38. The van der Waals surface area contributed by atoms with E-state index in [1.54, 1.807) is 53.4 Å². The number of hydrogen-bond acceptors (Lipinski definition) is 4. The quantitative estimate of drug-likeness (QED) is 0.543. The summed E-state index contributed by atoms with van der Waals surface area (Å²) >= 11 is 13.1. The molecule has 0 atom stereocenters. The number of nitrogens with zero attached hydrogens (tertiary/aromatic N) is 1. The molecule has 0 fully saturated rings. The standard InChI is InChI=1S/C22H16Cl2N2O4S/c23-13-7-5-12(6-8-13)21(28)26-10-9-15-17(11-26)31-20(18(15)22(29)30)25-19(27)14-3-1-2-4-16(14)24/h1-8H,9-11H2,(H,25,27)(H,29,30). The number of aromatic carboxylic acids is 1. The van der Waals surface area contributed by atoms with Gasteiger partial charge in [-0.1, -0.05) is 35.3 Å². The van der Waals surface area contributed by atoms with Gasteiger partial charge in [0.15, 0.2) is 0 Å². The van der Waals surface area contributed by atoms with Crippen molar-refractivity contribution in [2.24, 2.45) is 0 Å². The number of anilines is 1. The molecule has 2 heterocycles. The zero-order valence-electron chi connectivity index (χ0n) is 16.0. The first kappa shape index (κ1) is 21.4. The highest BCUT2D eigenvalue weighted by Gasteiger charge is 2.31. The number of nitrogens with one attached hydrogen (secondary N) is 1. The van der Waals surface area contributed by atoms with E-state index in [9.17, 15) is 19.5 Å². The normalized spacial score (nSPS) is 12.9. The van der Waals surface area contributed by atoms with Crippen LogP contribution in [0.15, 0.2) is 48.5 Å². The first-order valence-corrected chi connectivity index (χ1v) is 10.9. The SMILES string of the molecule is O=C(Nc1sc2c(c1C(=O)O)CCN(C(=O)c1ccc(Cl)cc1)C2)c1ccccc1Cl.